The fourth-order valence-corrected chi connectivity index (χ4v) is 2.94. The zero-order chi connectivity index (χ0) is 21.2. The zero-order valence-corrected chi connectivity index (χ0v) is 17.1. The van der Waals surface area contributed by atoms with Gasteiger partial charge in [0.1, 0.15) is 12.1 Å². The summed E-state index contributed by atoms with van der Waals surface area (Å²) in [5, 5.41) is 3.25. The molecule has 0 aliphatic carbocycles. The van der Waals surface area contributed by atoms with Crippen LogP contribution < -0.4 is 10.6 Å². The van der Waals surface area contributed by atoms with Gasteiger partial charge in [0, 0.05) is 12.8 Å². The summed E-state index contributed by atoms with van der Waals surface area (Å²) in [5.74, 6) is -1.90. The maximum atomic E-state index is 12.5. The van der Waals surface area contributed by atoms with Crippen LogP contribution in [-0.4, -0.2) is 34.5 Å². The normalized spacial score (nSPS) is 12.3. The predicted octanol–water partition coefficient (Wildman–Crippen LogP) is 2.56. The van der Waals surface area contributed by atoms with Gasteiger partial charge in [0.25, 0.3) is 10.5 Å². The lowest BCUT2D eigenvalue weighted by molar-refractivity contribution is -0.162. The van der Waals surface area contributed by atoms with E-state index in [1.807, 2.05) is 12.1 Å². The van der Waals surface area contributed by atoms with Gasteiger partial charge < -0.3 is 15.4 Å². The number of amides is 2. The van der Waals surface area contributed by atoms with Crippen molar-refractivity contribution in [2.75, 3.05) is 0 Å². The van der Waals surface area contributed by atoms with Crippen LogP contribution in [0.15, 0.2) is 60.7 Å². The SMILES string of the molecule is O=C(S)N[C@@H](Cc1ccccc1)C(=O)OC(=O)[C@H](Cc1ccccc1)NC(=O)S. The third-order valence-electron chi connectivity index (χ3n) is 3.93. The molecule has 2 aromatic rings. The average Bonchev–Trinajstić information content (AvgIpc) is 2.68. The van der Waals surface area contributed by atoms with Gasteiger partial charge in [-0.15, -0.1) is 0 Å². The highest BCUT2D eigenvalue weighted by molar-refractivity contribution is 7.96. The van der Waals surface area contributed by atoms with Crippen LogP contribution in [0.25, 0.3) is 0 Å². The van der Waals surface area contributed by atoms with Crippen molar-refractivity contribution < 1.29 is 23.9 Å². The van der Waals surface area contributed by atoms with Crippen LogP contribution in [0.5, 0.6) is 0 Å². The Labute approximate surface area is 179 Å². The summed E-state index contributed by atoms with van der Waals surface area (Å²) in [5.41, 5.74) is 1.52. The van der Waals surface area contributed by atoms with Crippen molar-refractivity contribution in [2.45, 2.75) is 24.9 Å². The van der Waals surface area contributed by atoms with E-state index in [0.717, 1.165) is 11.1 Å². The summed E-state index contributed by atoms with van der Waals surface area (Å²) >= 11 is 7.26. The second-order valence-corrected chi connectivity index (χ2v) is 6.94. The maximum absolute atomic E-state index is 12.5. The minimum Gasteiger partial charge on any atom is -0.390 e. The molecule has 0 bridgehead atoms. The average molecular weight is 433 g/mol. The molecular weight excluding hydrogens is 412 g/mol. The van der Waals surface area contributed by atoms with E-state index in [1.165, 1.54) is 0 Å². The summed E-state index contributed by atoms with van der Waals surface area (Å²) in [6.07, 6.45) is 0.225. The highest BCUT2D eigenvalue weighted by Gasteiger charge is 2.29. The lowest BCUT2D eigenvalue weighted by Gasteiger charge is -2.19. The minimum atomic E-state index is -1.12. The molecule has 9 heteroatoms. The minimum absolute atomic E-state index is 0.113. The fourth-order valence-electron chi connectivity index (χ4n) is 2.63. The van der Waals surface area contributed by atoms with E-state index >= 15 is 0 Å². The van der Waals surface area contributed by atoms with E-state index in [9.17, 15) is 19.2 Å². The number of carbonyl (C=O) groups is 4. The number of rotatable bonds is 8. The molecule has 0 aromatic heterocycles. The van der Waals surface area contributed by atoms with Crippen LogP contribution in [-0.2, 0) is 27.2 Å². The van der Waals surface area contributed by atoms with E-state index < -0.39 is 34.5 Å². The van der Waals surface area contributed by atoms with Crippen molar-refractivity contribution in [2.24, 2.45) is 0 Å². The Morgan fingerprint density at radius 1 is 0.690 bits per heavy atom. The summed E-state index contributed by atoms with van der Waals surface area (Å²) in [6.45, 7) is 0. The second kappa shape index (κ2) is 11.3. The van der Waals surface area contributed by atoms with Crippen LogP contribution in [0.3, 0.4) is 0 Å². The Hall–Kier alpha value is -2.78. The molecule has 7 nitrogen and oxygen atoms in total. The monoisotopic (exact) mass is 432 g/mol. The molecule has 0 spiro atoms. The summed E-state index contributed by atoms with van der Waals surface area (Å²) in [7, 11) is 0. The van der Waals surface area contributed by atoms with Crippen molar-refractivity contribution in [3.05, 3.63) is 71.8 Å². The van der Waals surface area contributed by atoms with E-state index in [-0.39, 0.29) is 12.8 Å². The summed E-state index contributed by atoms with van der Waals surface area (Å²) in [4.78, 5) is 47.7. The quantitative estimate of drug-likeness (QED) is 0.292. The Morgan fingerprint density at radius 3 is 1.34 bits per heavy atom. The van der Waals surface area contributed by atoms with Gasteiger partial charge in [0.15, 0.2) is 0 Å². The van der Waals surface area contributed by atoms with Crippen LogP contribution >= 0.6 is 25.3 Å². The molecule has 2 aromatic carbocycles. The highest BCUT2D eigenvalue weighted by atomic mass is 32.1. The van der Waals surface area contributed by atoms with Crippen LogP contribution in [0, 0.1) is 0 Å². The van der Waals surface area contributed by atoms with E-state index in [4.69, 9.17) is 4.74 Å². The molecule has 0 aliphatic heterocycles. The number of carbonyl (C=O) groups excluding carboxylic acids is 4. The third kappa shape index (κ3) is 8.00. The lowest BCUT2D eigenvalue weighted by atomic mass is 10.1. The molecule has 152 valence electrons. The Kier molecular flexibility index (Phi) is 8.75. The molecule has 0 radical (unpaired) electrons. The Balaban J connectivity index is 2.10. The number of hydrogen-bond donors (Lipinski definition) is 4. The molecule has 0 aliphatic rings. The van der Waals surface area contributed by atoms with Gasteiger partial charge in [-0.25, -0.2) is 9.59 Å². The maximum Gasteiger partial charge on any atom is 0.336 e. The highest BCUT2D eigenvalue weighted by Crippen LogP contribution is 2.09. The van der Waals surface area contributed by atoms with Gasteiger partial charge in [-0.3, -0.25) is 9.59 Å². The van der Waals surface area contributed by atoms with Gasteiger partial charge in [-0.1, -0.05) is 85.9 Å². The standard InChI is InChI=1S/C20H20N2O5S2/c23-17(15(21-19(25)28)11-13-7-3-1-4-8-13)27-18(24)16(22-20(26)29)12-14-9-5-2-6-10-14/h1-10,15-16H,11-12H2,(H2,21,25,28)(H2,22,26,29)/t15-,16-/m0/s1. The first-order valence-corrected chi connectivity index (χ1v) is 9.57. The first-order valence-electron chi connectivity index (χ1n) is 8.67. The van der Waals surface area contributed by atoms with Gasteiger partial charge in [-0.05, 0) is 11.1 Å². The lowest BCUT2D eigenvalue weighted by Crippen LogP contribution is -2.46. The molecule has 0 heterocycles. The molecule has 29 heavy (non-hydrogen) atoms. The number of hydrogen-bond acceptors (Lipinski definition) is 5. The predicted molar refractivity (Wildman–Crippen MR) is 114 cm³/mol. The Bertz CT molecular complexity index is 790. The largest absolute Gasteiger partial charge is 0.390 e. The first kappa shape index (κ1) is 22.5. The van der Waals surface area contributed by atoms with Gasteiger partial charge >= 0.3 is 11.9 Å². The van der Waals surface area contributed by atoms with Crippen LogP contribution in [0.2, 0.25) is 0 Å². The number of benzene rings is 2. The topological polar surface area (TPSA) is 102 Å². The molecule has 2 amide bonds. The number of esters is 2. The first-order chi connectivity index (χ1) is 13.8. The van der Waals surface area contributed by atoms with Gasteiger partial charge in [-0.2, -0.15) is 0 Å². The van der Waals surface area contributed by atoms with Crippen molar-refractivity contribution >= 4 is 47.7 Å². The van der Waals surface area contributed by atoms with Gasteiger partial charge in [0.05, 0.1) is 0 Å². The molecule has 0 unspecified atom stereocenters. The zero-order valence-electron chi connectivity index (χ0n) is 15.3. The molecular formula is C20H20N2O5S2. The molecule has 0 saturated carbocycles. The second-order valence-electron chi connectivity index (χ2n) is 6.12. The van der Waals surface area contributed by atoms with Crippen LogP contribution in [0.4, 0.5) is 9.59 Å². The van der Waals surface area contributed by atoms with E-state index in [2.05, 4.69) is 35.9 Å². The smallest absolute Gasteiger partial charge is 0.336 e. The van der Waals surface area contributed by atoms with Crippen molar-refractivity contribution in [3.63, 3.8) is 0 Å². The van der Waals surface area contributed by atoms with E-state index in [1.54, 1.807) is 48.5 Å². The molecule has 0 fully saturated rings. The van der Waals surface area contributed by atoms with Crippen molar-refractivity contribution in [1.82, 2.24) is 10.6 Å². The summed E-state index contributed by atoms with van der Waals surface area (Å²) in [6, 6.07) is 15.6. The van der Waals surface area contributed by atoms with Gasteiger partial charge in [0.2, 0.25) is 0 Å². The van der Waals surface area contributed by atoms with Crippen molar-refractivity contribution in [3.8, 4) is 0 Å². The summed E-state index contributed by atoms with van der Waals surface area (Å²) < 4.78 is 4.95. The number of nitrogens with one attached hydrogen (secondary N) is 2. The Morgan fingerprint density at radius 2 is 1.03 bits per heavy atom. The van der Waals surface area contributed by atoms with Crippen molar-refractivity contribution in [1.29, 1.82) is 0 Å². The molecule has 2 atom stereocenters. The molecule has 2 N–H and O–H groups in total. The van der Waals surface area contributed by atoms with E-state index in [0.29, 0.717) is 0 Å². The number of ether oxygens (including phenoxy) is 1. The third-order valence-corrected chi connectivity index (χ3v) is 4.19. The molecule has 0 saturated heterocycles. The van der Waals surface area contributed by atoms with Crippen LogP contribution in [0.1, 0.15) is 11.1 Å². The fraction of sp³-hybridized carbons (Fsp3) is 0.200. The molecule has 2 rings (SSSR count). The number of thiol groups is 2.